The molecule has 0 aromatic heterocycles. The minimum Gasteiger partial charge on any atom is -0.337 e. The lowest BCUT2D eigenvalue weighted by molar-refractivity contribution is 0.0760. The van der Waals surface area contributed by atoms with Gasteiger partial charge in [-0.1, -0.05) is 12.1 Å². The summed E-state index contributed by atoms with van der Waals surface area (Å²) in [6.45, 7) is 6.98. The van der Waals surface area contributed by atoms with Gasteiger partial charge in [0.05, 0.1) is 16.5 Å². The van der Waals surface area contributed by atoms with Crippen LogP contribution >= 0.6 is 0 Å². The Hall–Kier alpha value is -2.73. The van der Waals surface area contributed by atoms with Gasteiger partial charge in [-0.25, -0.2) is 13.6 Å². The van der Waals surface area contributed by atoms with Crippen LogP contribution in [0.5, 0.6) is 0 Å². The molecule has 0 aliphatic carbocycles. The van der Waals surface area contributed by atoms with Crippen molar-refractivity contribution in [3.05, 3.63) is 64.2 Å². The second-order valence-corrected chi connectivity index (χ2v) is 9.22. The maximum atomic E-state index is 13.1. The van der Waals surface area contributed by atoms with Crippen LogP contribution < -0.4 is 5.14 Å². The fourth-order valence-electron chi connectivity index (χ4n) is 3.70. The van der Waals surface area contributed by atoms with E-state index in [0.29, 0.717) is 29.8 Å². The number of nitriles is 1. The normalized spacial score (nSPS) is 15.5. The highest BCUT2D eigenvalue weighted by atomic mass is 32.2. The second-order valence-electron chi connectivity index (χ2n) is 7.69. The molecule has 158 valence electrons. The lowest BCUT2D eigenvalue weighted by atomic mass is 10.1. The number of nitrogens with zero attached hydrogens (tertiary/aromatic N) is 3. The van der Waals surface area contributed by atoms with E-state index in [-0.39, 0.29) is 10.8 Å². The topological polar surface area (TPSA) is 108 Å². The van der Waals surface area contributed by atoms with Crippen molar-refractivity contribution < 1.29 is 13.2 Å². The molecule has 1 aliphatic rings. The number of rotatable bonds is 4. The van der Waals surface area contributed by atoms with Crippen LogP contribution in [0, 0.1) is 25.2 Å². The molecule has 0 bridgehead atoms. The standard InChI is InChI=1S/C22H26N4O3S/c1-16-12-20(13-21(17(16)2)30(24,28)29)22(27)26-9-3-8-25(10-11-26)15-19-6-4-18(14-23)5-7-19/h4-7,12-13H,3,8-11,15H2,1-2H3,(H2,24,28,29). The van der Waals surface area contributed by atoms with Crippen molar-refractivity contribution >= 4 is 15.9 Å². The molecular weight excluding hydrogens is 400 g/mol. The summed E-state index contributed by atoms with van der Waals surface area (Å²) >= 11 is 0. The van der Waals surface area contributed by atoms with Crippen LogP contribution in [0.4, 0.5) is 0 Å². The van der Waals surface area contributed by atoms with E-state index < -0.39 is 10.0 Å². The third-order valence-electron chi connectivity index (χ3n) is 5.54. The molecule has 0 radical (unpaired) electrons. The van der Waals surface area contributed by atoms with E-state index in [2.05, 4.69) is 11.0 Å². The molecule has 1 fully saturated rings. The van der Waals surface area contributed by atoms with Gasteiger partial charge in [-0.15, -0.1) is 0 Å². The molecule has 0 saturated carbocycles. The second kappa shape index (κ2) is 8.96. The summed E-state index contributed by atoms with van der Waals surface area (Å²) in [4.78, 5) is 17.1. The number of primary sulfonamides is 1. The van der Waals surface area contributed by atoms with Crippen LogP contribution in [0.3, 0.4) is 0 Å². The zero-order valence-electron chi connectivity index (χ0n) is 17.3. The molecule has 1 aliphatic heterocycles. The SMILES string of the molecule is Cc1cc(C(=O)N2CCCN(Cc3ccc(C#N)cc3)CC2)cc(S(N)(=O)=O)c1C. The van der Waals surface area contributed by atoms with Gasteiger partial charge in [0.25, 0.3) is 5.91 Å². The maximum Gasteiger partial charge on any atom is 0.253 e. The van der Waals surface area contributed by atoms with Gasteiger partial charge in [0.1, 0.15) is 0 Å². The maximum absolute atomic E-state index is 13.1. The number of hydrogen-bond acceptors (Lipinski definition) is 5. The summed E-state index contributed by atoms with van der Waals surface area (Å²) in [5.74, 6) is -0.178. The van der Waals surface area contributed by atoms with Gasteiger partial charge >= 0.3 is 0 Å². The van der Waals surface area contributed by atoms with Gasteiger partial charge in [0, 0.05) is 38.3 Å². The molecule has 2 aromatic carbocycles. The van der Waals surface area contributed by atoms with Crippen molar-refractivity contribution in [2.45, 2.75) is 31.7 Å². The minimum atomic E-state index is -3.90. The monoisotopic (exact) mass is 426 g/mol. The van der Waals surface area contributed by atoms with Crippen molar-refractivity contribution in [2.24, 2.45) is 5.14 Å². The molecule has 1 amide bonds. The van der Waals surface area contributed by atoms with E-state index in [1.165, 1.54) is 6.07 Å². The van der Waals surface area contributed by atoms with Crippen molar-refractivity contribution in [2.75, 3.05) is 26.2 Å². The lowest BCUT2D eigenvalue weighted by Crippen LogP contribution is -2.35. The molecule has 1 saturated heterocycles. The van der Waals surface area contributed by atoms with E-state index in [0.717, 1.165) is 37.2 Å². The first-order valence-corrected chi connectivity index (χ1v) is 11.4. The highest BCUT2D eigenvalue weighted by Gasteiger charge is 2.23. The quantitative estimate of drug-likeness (QED) is 0.806. The van der Waals surface area contributed by atoms with E-state index >= 15 is 0 Å². The summed E-state index contributed by atoms with van der Waals surface area (Å²) in [5, 5.41) is 14.2. The molecule has 1 heterocycles. The molecule has 2 aromatic rings. The molecule has 2 N–H and O–H groups in total. The smallest absolute Gasteiger partial charge is 0.253 e. The summed E-state index contributed by atoms with van der Waals surface area (Å²) in [6, 6.07) is 12.8. The molecule has 0 atom stereocenters. The Balaban J connectivity index is 1.71. The number of nitrogens with two attached hydrogens (primary N) is 1. The number of benzene rings is 2. The largest absolute Gasteiger partial charge is 0.337 e. The number of sulfonamides is 1. The van der Waals surface area contributed by atoms with Crippen LogP contribution in [-0.2, 0) is 16.6 Å². The fourth-order valence-corrected chi connectivity index (χ4v) is 4.58. The number of amides is 1. The zero-order valence-corrected chi connectivity index (χ0v) is 18.1. The molecule has 8 heteroatoms. The third-order valence-corrected chi connectivity index (χ3v) is 6.58. The number of carbonyl (C=O) groups excluding carboxylic acids is 1. The molecule has 3 rings (SSSR count). The Morgan fingerprint density at radius 2 is 1.80 bits per heavy atom. The van der Waals surface area contributed by atoms with Crippen molar-refractivity contribution in [1.29, 1.82) is 5.26 Å². The molecule has 7 nitrogen and oxygen atoms in total. The summed E-state index contributed by atoms with van der Waals surface area (Å²) in [6.07, 6.45) is 0.828. The average molecular weight is 427 g/mol. The highest BCUT2D eigenvalue weighted by Crippen LogP contribution is 2.22. The average Bonchev–Trinajstić information content (AvgIpc) is 2.94. The fraction of sp³-hybridized carbons (Fsp3) is 0.364. The predicted octanol–water partition coefficient (Wildman–Crippen LogP) is 2.17. The van der Waals surface area contributed by atoms with Crippen molar-refractivity contribution in [1.82, 2.24) is 9.80 Å². The summed E-state index contributed by atoms with van der Waals surface area (Å²) in [5.41, 5.74) is 3.41. The molecule has 0 spiro atoms. The first-order chi connectivity index (χ1) is 14.2. The summed E-state index contributed by atoms with van der Waals surface area (Å²) in [7, 11) is -3.90. The molecular formula is C22H26N4O3S. The Bertz CT molecular complexity index is 1090. The van der Waals surface area contributed by atoms with Crippen molar-refractivity contribution in [3.8, 4) is 6.07 Å². The first kappa shape index (κ1) is 22.0. The Kier molecular flexibility index (Phi) is 6.56. The molecule has 0 unspecified atom stereocenters. The van der Waals surface area contributed by atoms with Gasteiger partial charge in [-0.05, 0) is 61.2 Å². The van der Waals surface area contributed by atoms with Crippen LogP contribution in [0.25, 0.3) is 0 Å². The Morgan fingerprint density at radius 1 is 1.10 bits per heavy atom. The lowest BCUT2D eigenvalue weighted by Gasteiger charge is -2.23. The highest BCUT2D eigenvalue weighted by molar-refractivity contribution is 7.89. The number of hydrogen-bond donors (Lipinski definition) is 1. The third kappa shape index (κ3) is 5.05. The van der Waals surface area contributed by atoms with Gasteiger partial charge in [-0.3, -0.25) is 9.69 Å². The van der Waals surface area contributed by atoms with Gasteiger partial charge in [0.2, 0.25) is 10.0 Å². The van der Waals surface area contributed by atoms with E-state index in [9.17, 15) is 13.2 Å². The Labute approximate surface area is 177 Å². The Morgan fingerprint density at radius 3 is 2.43 bits per heavy atom. The van der Waals surface area contributed by atoms with Crippen LogP contribution in [0.1, 0.15) is 39.0 Å². The van der Waals surface area contributed by atoms with Gasteiger partial charge < -0.3 is 4.90 Å². The van der Waals surface area contributed by atoms with Crippen molar-refractivity contribution in [3.63, 3.8) is 0 Å². The van der Waals surface area contributed by atoms with E-state index in [1.54, 1.807) is 24.8 Å². The van der Waals surface area contributed by atoms with E-state index in [4.69, 9.17) is 10.4 Å². The molecule has 30 heavy (non-hydrogen) atoms. The van der Waals surface area contributed by atoms with E-state index in [1.807, 2.05) is 24.3 Å². The minimum absolute atomic E-state index is 0.00288. The van der Waals surface area contributed by atoms with Crippen LogP contribution in [0.15, 0.2) is 41.3 Å². The van der Waals surface area contributed by atoms with Gasteiger partial charge in [-0.2, -0.15) is 5.26 Å². The zero-order chi connectivity index (χ0) is 21.9. The predicted molar refractivity (Wildman–Crippen MR) is 114 cm³/mol. The first-order valence-electron chi connectivity index (χ1n) is 9.84. The van der Waals surface area contributed by atoms with Crippen LogP contribution in [0.2, 0.25) is 0 Å². The van der Waals surface area contributed by atoms with Crippen LogP contribution in [-0.4, -0.2) is 50.3 Å². The number of aryl methyl sites for hydroxylation is 1. The summed E-state index contributed by atoms with van der Waals surface area (Å²) < 4.78 is 23.8. The number of carbonyl (C=O) groups is 1. The van der Waals surface area contributed by atoms with Gasteiger partial charge in [0.15, 0.2) is 0 Å².